The van der Waals surface area contributed by atoms with Gasteiger partial charge in [-0.25, -0.2) is 9.59 Å². The molecule has 0 aliphatic rings. The fourth-order valence-electron chi connectivity index (χ4n) is 2.67. The number of amides is 1. The number of benzene rings is 2. The number of nitrogens with one attached hydrogen (secondary N) is 1. The van der Waals surface area contributed by atoms with Crippen LogP contribution in [0.4, 0.5) is 5.69 Å². The first-order valence-corrected chi connectivity index (χ1v) is 9.49. The molecule has 166 valence electrons. The fraction of sp³-hybridized carbons (Fsp3) is 0.227. The normalized spacial score (nSPS) is 11.0. The first-order chi connectivity index (χ1) is 15.3. The Hall–Kier alpha value is -4.30. The van der Waals surface area contributed by atoms with Gasteiger partial charge in [-0.05, 0) is 55.0 Å². The van der Waals surface area contributed by atoms with Crippen molar-refractivity contribution < 1.29 is 38.9 Å². The Morgan fingerprint density at radius 3 is 2.09 bits per heavy atom. The molecule has 2 aromatic rings. The van der Waals surface area contributed by atoms with E-state index in [-0.39, 0.29) is 25.2 Å². The monoisotopic (exact) mass is 440 g/mol. The van der Waals surface area contributed by atoms with Crippen molar-refractivity contribution in [3.05, 3.63) is 59.7 Å². The van der Waals surface area contributed by atoms with E-state index in [0.717, 1.165) is 0 Å². The summed E-state index contributed by atoms with van der Waals surface area (Å²) in [6, 6.07) is 11.1. The maximum atomic E-state index is 12.5. The van der Waals surface area contributed by atoms with Crippen LogP contribution in [0.15, 0.2) is 53.5 Å². The van der Waals surface area contributed by atoms with Gasteiger partial charge in [-0.2, -0.15) is 4.99 Å². The number of carbonyl (C=O) groups is 4. The highest BCUT2D eigenvalue weighted by atomic mass is 16.5. The van der Waals surface area contributed by atoms with E-state index in [2.05, 4.69) is 10.3 Å². The molecule has 2 rings (SSSR count). The number of hydrogen-bond donors (Lipinski definition) is 3. The molecule has 0 saturated heterocycles. The van der Waals surface area contributed by atoms with Crippen molar-refractivity contribution in [2.75, 3.05) is 6.61 Å². The average Bonchev–Trinajstić information content (AvgIpc) is 2.76. The molecule has 0 aromatic heterocycles. The molecule has 0 radical (unpaired) electrons. The van der Waals surface area contributed by atoms with Gasteiger partial charge in [-0.3, -0.25) is 14.4 Å². The zero-order valence-corrected chi connectivity index (χ0v) is 16.8. The number of aliphatic carboxylic acids is 2. The topological polar surface area (TPSA) is 159 Å². The predicted molar refractivity (Wildman–Crippen MR) is 111 cm³/mol. The SMILES string of the molecule is O=C=Nc1ccc(C(=O)c2ccc(OCCCC(=O)NC(CC(=O)O)C(=O)O)cc2)cc1. The molecule has 0 aliphatic carbocycles. The molecule has 32 heavy (non-hydrogen) atoms. The van der Waals surface area contributed by atoms with Gasteiger partial charge in [0, 0.05) is 17.5 Å². The number of aliphatic imine (C=N–C) groups is 1. The van der Waals surface area contributed by atoms with Crippen LogP contribution < -0.4 is 10.1 Å². The second-order valence-electron chi connectivity index (χ2n) is 6.61. The third-order valence-corrected chi connectivity index (χ3v) is 4.25. The summed E-state index contributed by atoms with van der Waals surface area (Å²) in [7, 11) is 0. The van der Waals surface area contributed by atoms with Gasteiger partial charge >= 0.3 is 11.9 Å². The van der Waals surface area contributed by atoms with E-state index in [1.165, 1.54) is 18.2 Å². The Balaban J connectivity index is 1.81. The zero-order chi connectivity index (χ0) is 23.5. The summed E-state index contributed by atoms with van der Waals surface area (Å²) in [5, 5.41) is 19.7. The van der Waals surface area contributed by atoms with Crippen LogP contribution in [0.3, 0.4) is 0 Å². The summed E-state index contributed by atoms with van der Waals surface area (Å²) in [5.41, 5.74) is 1.26. The lowest BCUT2D eigenvalue weighted by molar-refractivity contribution is -0.147. The number of carboxylic acid groups (broad SMARTS) is 2. The number of hydrogen-bond acceptors (Lipinski definition) is 7. The number of ketones is 1. The Morgan fingerprint density at radius 1 is 0.969 bits per heavy atom. The smallest absolute Gasteiger partial charge is 0.326 e. The number of ether oxygens (including phenoxy) is 1. The summed E-state index contributed by atoms with van der Waals surface area (Å²) in [6.45, 7) is 0.163. The number of nitrogens with zero attached hydrogens (tertiary/aromatic N) is 1. The van der Waals surface area contributed by atoms with E-state index in [0.29, 0.717) is 22.6 Å². The quantitative estimate of drug-likeness (QED) is 0.196. The molecule has 1 unspecified atom stereocenters. The molecule has 0 saturated carbocycles. The number of rotatable bonds is 12. The molecular formula is C22H20N2O8. The number of carboxylic acids is 2. The molecule has 2 aromatic carbocycles. The van der Waals surface area contributed by atoms with Crippen LogP contribution in [-0.2, 0) is 19.2 Å². The lowest BCUT2D eigenvalue weighted by Gasteiger charge is -2.12. The van der Waals surface area contributed by atoms with Crippen LogP contribution in [0, 0.1) is 0 Å². The predicted octanol–water partition coefficient (Wildman–Crippen LogP) is 2.09. The molecule has 10 nitrogen and oxygen atoms in total. The highest BCUT2D eigenvalue weighted by molar-refractivity contribution is 6.09. The Labute approximate surface area is 182 Å². The molecule has 1 amide bonds. The summed E-state index contributed by atoms with van der Waals surface area (Å²) in [4.78, 5) is 59.6. The summed E-state index contributed by atoms with van der Waals surface area (Å²) in [6.07, 6.45) is 0.959. The minimum Gasteiger partial charge on any atom is -0.494 e. The largest absolute Gasteiger partial charge is 0.494 e. The van der Waals surface area contributed by atoms with Gasteiger partial charge in [0.1, 0.15) is 11.8 Å². The van der Waals surface area contributed by atoms with Crippen molar-refractivity contribution in [3.8, 4) is 5.75 Å². The van der Waals surface area contributed by atoms with Crippen molar-refractivity contribution in [1.82, 2.24) is 5.32 Å². The van der Waals surface area contributed by atoms with Gasteiger partial charge in [0.05, 0.1) is 18.7 Å². The molecule has 3 N–H and O–H groups in total. The number of isocyanates is 1. The highest BCUT2D eigenvalue weighted by Gasteiger charge is 2.22. The maximum Gasteiger partial charge on any atom is 0.326 e. The first-order valence-electron chi connectivity index (χ1n) is 9.49. The minimum absolute atomic E-state index is 0.0376. The van der Waals surface area contributed by atoms with E-state index in [1.54, 1.807) is 36.4 Å². The lowest BCUT2D eigenvalue weighted by Crippen LogP contribution is -2.42. The van der Waals surface area contributed by atoms with Gasteiger partial charge in [-0.15, -0.1) is 0 Å². The third kappa shape index (κ3) is 7.51. The first kappa shape index (κ1) is 24.0. The van der Waals surface area contributed by atoms with E-state index in [9.17, 15) is 24.0 Å². The number of carbonyl (C=O) groups excluding carboxylic acids is 3. The van der Waals surface area contributed by atoms with E-state index < -0.39 is 30.3 Å². The van der Waals surface area contributed by atoms with E-state index >= 15 is 0 Å². The van der Waals surface area contributed by atoms with Crippen molar-refractivity contribution in [2.45, 2.75) is 25.3 Å². The average molecular weight is 440 g/mol. The minimum atomic E-state index is -1.49. The molecule has 0 bridgehead atoms. The second-order valence-corrected chi connectivity index (χ2v) is 6.61. The lowest BCUT2D eigenvalue weighted by atomic mass is 10.0. The fourth-order valence-corrected chi connectivity index (χ4v) is 2.67. The van der Waals surface area contributed by atoms with Gasteiger partial charge < -0.3 is 20.3 Å². The van der Waals surface area contributed by atoms with Crippen LogP contribution in [0.1, 0.15) is 35.2 Å². The molecular weight excluding hydrogens is 420 g/mol. The maximum absolute atomic E-state index is 12.5. The molecule has 10 heteroatoms. The van der Waals surface area contributed by atoms with Crippen LogP contribution in [0.25, 0.3) is 0 Å². The van der Waals surface area contributed by atoms with Crippen molar-refractivity contribution >= 4 is 35.4 Å². The Bertz CT molecular complexity index is 1020. The molecule has 0 aliphatic heterocycles. The van der Waals surface area contributed by atoms with Gasteiger partial charge in [0.15, 0.2) is 5.78 Å². The molecule has 0 heterocycles. The van der Waals surface area contributed by atoms with Crippen LogP contribution in [0.5, 0.6) is 5.75 Å². The van der Waals surface area contributed by atoms with Crippen LogP contribution in [-0.4, -0.2) is 52.6 Å². The van der Waals surface area contributed by atoms with Crippen LogP contribution in [0.2, 0.25) is 0 Å². The second kappa shape index (κ2) is 11.8. The molecule has 1 atom stereocenters. The third-order valence-electron chi connectivity index (χ3n) is 4.25. The van der Waals surface area contributed by atoms with Crippen LogP contribution >= 0.6 is 0 Å². The van der Waals surface area contributed by atoms with Crippen molar-refractivity contribution in [3.63, 3.8) is 0 Å². The zero-order valence-electron chi connectivity index (χ0n) is 16.8. The molecule has 0 spiro atoms. The summed E-state index contributed by atoms with van der Waals surface area (Å²) >= 11 is 0. The Kier molecular flexibility index (Phi) is 8.82. The van der Waals surface area contributed by atoms with Crippen molar-refractivity contribution in [2.24, 2.45) is 4.99 Å². The Morgan fingerprint density at radius 2 is 1.56 bits per heavy atom. The summed E-state index contributed by atoms with van der Waals surface area (Å²) < 4.78 is 5.51. The van der Waals surface area contributed by atoms with Gasteiger partial charge in [0.25, 0.3) is 0 Å². The van der Waals surface area contributed by atoms with Gasteiger partial charge in [-0.1, -0.05) is 0 Å². The highest BCUT2D eigenvalue weighted by Crippen LogP contribution is 2.18. The standard InChI is InChI=1S/C22H20N2O8/c25-13-23-16-7-3-14(4-8-16)21(29)15-5-9-17(10-6-15)32-11-1-2-19(26)24-18(22(30)31)12-20(27)28/h3-10,18H,1-2,11-12H2,(H,24,26)(H,27,28)(H,30,31). The summed E-state index contributed by atoms with van der Waals surface area (Å²) in [5.74, 6) is -3.08. The molecule has 0 fully saturated rings. The van der Waals surface area contributed by atoms with E-state index in [4.69, 9.17) is 14.9 Å². The van der Waals surface area contributed by atoms with Crippen molar-refractivity contribution in [1.29, 1.82) is 0 Å². The van der Waals surface area contributed by atoms with Gasteiger partial charge in [0.2, 0.25) is 12.0 Å². The van der Waals surface area contributed by atoms with E-state index in [1.807, 2.05) is 0 Å².